The monoisotopic (exact) mass is 315 g/mol. The fourth-order valence-electron chi connectivity index (χ4n) is 1.96. The van der Waals surface area contributed by atoms with Crippen molar-refractivity contribution in [3.05, 3.63) is 53.1 Å². The lowest BCUT2D eigenvalue weighted by molar-refractivity contribution is -0.119. The maximum atomic E-state index is 11.9. The number of carbonyl (C=O) groups is 2. The highest BCUT2D eigenvalue weighted by Gasteiger charge is 2.15. The molecule has 6 nitrogen and oxygen atoms in total. The zero-order valence-corrected chi connectivity index (χ0v) is 12.8. The summed E-state index contributed by atoms with van der Waals surface area (Å²) in [6.07, 6.45) is 0. The number of hydrogen-bond acceptors (Lipinski definition) is 5. The molecule has 0 unspecified atom stereocenters. The molecule has 120 valence electrons. The second-order valence-corrected chi connectivity index (χ2v) is 5.14. The fraction of sp³-hybridized carbons (Fsp3) is 0.176. The van der Waals surface area contributed by atoms with Gasteiger partial charge >= 0.3 is 5.97 Å². The van der Waals surface area contributed by atoms with E-state index >= 15 is 0 Å². The van der Waals surface area contributed by atoms with E-state index in [0.29, 0.717) is 5.69 Å². The van der Waals surface area contributed by atoms with Crippen molar-refractivity contribution in [3.63, 3.8) is 0 Å². The number of phenolic OH excluding ortho intramolecular Hbond substituents is 2. The summed E-state index contributed by atoms with van der Waals surface area (Å²) < 4.78 is 4.86. The van der Waals surface area contributed by atoms with Gasteiger partial charge in [-0.2, -0.15) is 0 Å². The number of phenols is 2. The Kier molecular flexibility index (Phi) is 4.85. The molecule has 2 rings (SSSR count). The van der Waals surface area contributed by atoms with Crippen LogP contribution < -0.4 is 5.32 Å². The van der Waals surface area contributed by atoms with E-state index in [2.05, 4.69) is 5.32 Å². The number of ether oxygens (including phenoxy) is 1. The van der Waals surface area contributed by atoms with Crippen LogP contribution in [0.4, 0.5) is 5.69 Å². The van der Waals surface area contributed by atoms with Crippen LogP contribution in [0.25, 0.3) is 0 Å². The van der Waals surface area contributed by atoms with E-state index in [9.17, 15) is 19.8 Å². The summed E-state index contributed by atoms with van der Waals surface area (Å²) in [7, 11) is 0. The van der Waals surface area contributed by atoms with Gasteiger partial charge < -0.3 is 20.3 Å². The highest BCUT2D eigenvalue weighted by molar-refractivity contribution is 5.97. The number of aryl methyl sites for hydroxylation is 2. The normalized spacial score (nSPS) is 10.2. The van der Waals surface area contributed by atoms with E-state index in [1.807, 2.05) is 32.0 Å². The van der Waals surface area contributed by atoms with Crippen molar-refractivity contribution in [2.24, 2.45) is 0 Å². The van der Waals surface area contributed by atoms with Crippen molar-refractivity contribution in [2.45, 2.75) is 13.8 Å². The molecule has 1 amide bonds. The minimum Gasteiger partial charge on any atom is -0.508 e. The van der Waals surface area contributed by atoms with Gasteiger partial charge in [-0.3, -0.25) is 4.79 Å². The first-order valence-electron chi connectivity index (χ1n) is 6.93. The van der Waals surface area contributed by atoms with Gasteiger partial charge in [-0.1, -0.05) is 12.1 Å². The maximum Gasteiger partial charge on any atom is 0.342 e. The Morgan fingerprint density at radius 2 is 1.83 bits per heavy atom. The van der Waals surface area contributed by atoms with Crippen LogP contribution in [-0.2, 0) is 9.53 Å². The van der Waals surface area contributed by atoms with Crippen molar-refractivity contribution in [3.8, 4) is 11.5 Å². The zero-order chi connectivity index (χ0) is 17.0. The molecular weight excluding hydrogens is 298 g/mol. The number of nitrogens with one attached hydrogen (secondary N) is 1. The molecule has 0 aliphatic heterocycles. The molecule has 0 heterocycles. The predicted octanol–water partition coefficient (Wildman–Crippen LogP) is 2.51. The summed E-state index contributed by atoms with van der Waals surface area (Å²) >= 11 is 0. The van der Waals surface area contributed by atoms with Crippen LogP contribution in [0, 0.1) is 13.8 Å². The van der Waals surface area contributed by atoms with Gasteiger partial charge in [0.05, 0.1) is 0 Å². The van der Waals surface area contributed by atoms with E-state index in [-0.39, 0.29) is 11.3 Å². The molecule has 23 heavy (non-hydrogen) atoms. The second kappa shape index (κ2) is 6.83. The van der Waals surface area contributed by atoms with Crippen molar-refractivity contribution in [1.29, 1.82) is 0 Å². The highest BCUT2D eigenvalue weighted by Crippen LogP contribution is 2.23. The first kappa shape index (κ1) is 16.4. The van der Waals surface area contributed by atoms with E-state index < -0.39 is 24.2 Å². The van der Waals surface area contributed by atoms with Crippen LogP contribution >= 0.6 is 0 Å². The highest BCUT2D eigenvalue weighted by atomic mass is 16.5. The van der Waals surface area contributed by atoms with Crippen molar-refractivity contribution in [1.82, 2.24) is 0 Å². The number of benzene rings is 2. The molecule has 0 radical (unpaired) electrons. The molecule has 0 aromatic heterocycles. The lowest BCUT2D eigenvalue weighted by atomic mass is 10.1. The summed E-state index contributed by atoms with van der Waals surface area (Å²) in [5.41, 5.74) is 2.42. The van der Waals surface area contributed by atoms with Crippen LogP contribution in [0.15, 0.2) is 36.4 Å². The molecule has 0 fully saturated rings. The van der Waals surface area contributed by atoms with Crippen molar-refractivity contribution >= 4 is 17.6 Å². The molecule has 6 heteroatoms. The van der Waals surface area contributed by atoms with Gasteiger partial charge in [0.2, 0.25) is 0 Å². The maximum absolute atomic E-state index is 11.9. The van der Waals surface area contributed by atoms with Gasteiger partial charge in [0.15, 0.2) is 6.61 Å². The topological polar surface area (TPSA) is 95.9 Å². The number of carbonyl (C=O) groups excluding carboxylic acids is 2. The third-order valence-corrected chi connectivity index (χ3v) is 3.20. The first-order valence-corrected chi connectivity index (χ1v) is 6.93. The Morgan fingerprint density at radius 1 is 1.09 bits per heavy atom. The average molecular weight is 315 g/mol. The van der Waals surface area contributed by atoms with Crippen LogP contribution in [0.3, 0.4) is 0 Å². The summed E-state index contributed by atoms with van der Waals surface area (Å²) in [4.78, 5) is 23.7. The van der Waals surface area contributed by atoms with Crippen LogP contribution in [0.5, 0.6) is 11.5 Å². The molecular formula is C17H17NO5. The van der Waals surface area contributed by atoms with Gasteiger partial charge in [0, 0.05) is 11.8 Å². The lowest BCUT2D eigenvalue weighted by Crippen LogP contribution is -2.21. The van der Waals surface area contributed by atoms with Gasteiger partial charge in [0.1, 0.15) is 17.1 Å². The first-order chi connectivity index (χ1) is 10.9. The fourth-order valence-corrected chi connectivity index (χ4v) is 1.96. The Hall–Kier alpha value is -3.02. The van der Waals surface area contributed by atoms with E-state index in [1.54, 1.807) is 0 Å². The van der Waals surface area contributed by atoms with E-state index in [0.717, 1.165) is 17.2 Å². The molecule has 0 aliphatic carbocycles. The summed E-state index contributed by atoms with van der Waals surface area (Å²) in [6.45, 7) is 3.28. The van der Waals surface area contributed by atoms with Gasteiger partial charge in [0.25, 0.3) is 5.91 Å². The molecule has 0 atom stereocenters. The Bertz CT molecular complexity index is 755. The standard InChI is InChI=1S/C17H17NO5/c1-10-3-4-11(2)14(7-10)18-16(21)9-23-17(22)13-6-5-12(19)8-15(13)20/h3-8,19-20H,9H2,1-2H3,(H,18,21). The SMILES string of the molecule is Cc1ccc(C)c(NC(=O)COC(=O)c2ccc(O)cc2O)c1. The molecule has 0 aliphatic rings. The summed E-state index contributed by atoms with van der Waals surface area (Å²) in [5.74, 6) is -1.92. The second-order valence-electron chi connectivity index (χ2n) is 5.14. The van der Waals surface area contributed by atoms with Crippen molar-refractivity contribution < 1.29 is 24.5 Å². The third kappa shape index (κ3) is 4.23. The molecule has 0 saturated heterocycles. The Balaban J connectivity index is 1.96. The van der Waals surface area contributed by atoms with Crippen LogP contribution in [0.2, 0.25) is 0 Å². The Morgan fingerprint density at radius 3 is 2.52 bits per heavy atom. The van der Waals surface area contributed by atoms with Gasteiger partial charge in [-0.15, -0.1) is 0 Å². The smallest absolute Gasteiger partial charge is 0.342 e. The molecule has 3 N–H and O–H groups in total. The van der Waals surface area contributed by atoms with Crippen LogP contribution in [0.1, 0.15) is 21.5 Å². The van der Waals surface area contributed by atoms with Gasteiger partial charge in [-0.25, -0.2) is 4.79 Å². The summed E-state index contributed by atoms with van der Waals surface area (Å²) in [5, 5.41) is 21.4. The minimum absolute atomic E-state index is 0.123. The molecule has 2 aromatic rings. The van der Waals surface area contributed by atoms with Crippen LogP contribution in [-0.4, -0.2) is 28.7 Å². The number of hydrogen-bond donors (Lipinski definition) is 3. The van der Waals surface area contributed by atoms with Gasteiger partial charge in [-0.05, 0) is 43.2 Å². The molecule has 0 spiro atoms. The van der Waals surface area contributed by atoms with E-state index in [1.165, 1.54) is 12.1 Å². The quantitative estimate of drug-likeness (QED) is 0.753. The molecule has 2 aromatic carbocycles. The number of rotatable bonds is 4. The number of aromatic hydroxyl groups is 2. The largest absolute Gasteiger partial charge is 0.508 e. The average Bonchev–Trinajstić information content (AvgIpc) is 2.48. The number of amides is 1. The number of esters is 1. The van der Waals surface area contributed by atoms with E-state index in [4.69, 9.17) is 4.74 Å². The summed E-state index contributed by atoms with van der Waals surface area (Å²) in [6, 6.07) is 9.11. The predicted molar refractivity (Wildman–Crippen MR) is 84.6 cm³/mol. The zero-order valence-electron chi connectivity index (χ0n) is 12.8. The number of anilines is 1. The lowest BCUT2D eigenvalue weighted by Gasteiger charge is -2.10. The molecule has 0 bridgehead atoms. The Labute approximate surface area is 133 Å². The van der Waals surface area contributed by atoms with Crippen molar-refractivity contribution in [2.75, 3.05) is 11.9 Å². The molecule has 0 saturated carbocycles. The minimum atomic E-state index is -0.849. The third-order valence-electron chi connectivity index (χ3n) is 3.20.